The highest BCUT2D eigenvalue weighted by molar-refractivity contribution is 5.91. The molecule has 0 saturated heterocycles. The van der Waals surface area contributed by atoms with Crippen molar-refractivity contribution in [3.8, 4) is 0 Å². The molecule has 5 heteroatoms. The quantitative estimate of drug-likeness (QED) is 0.793. The van der Waals surface area contributed by atoms with Crippen LogP contribution in [0.15, 0.2) is 12.2 Å². The van der Waals surface area contributed by atoms with Gasteiger partial charge in [0.05, 0.1) is 0 Å². The summed E-state index contributed by atoms with van der Waals surface area (Å²) >= 11 is 0. The van der Waals surface area contributed by atoms with Crippen LogP contribution in [0, 0.1) is 0 Å². The van der Waals surface area contributed by atoms with Crippen molar-refractivity contribution in [3.05, 3.63) is 12.2 Å². The topological polar surface area (TPSA) is 35.6 Å². The average Bonchev–Trinajstić information content (AvgIpc) is 2.36. The van der Waals surface area contributed by atoms with E-state index < -0.39 is 0 Å². The van der Waals surface area contributed by atoms with Crippen LogP contribution in [0.2, 0.25) is 0 Å². The summed E-state index contributed by atoms with van der Waals surface area (Å²) in [7, 11) is 8.22. The highest BCUT2D eigenvalue weighted by Gasteiger charge is 1.96. The van der Waals surface area contributed by atoms with Crippen molar-refractivity contribution in [1.29, 1.82) is 0 Å². The number of hydrogen-bond donors (Lipinski definition) is 1. The minimum absolute atomic E-state index is 0. The molecule has 0 fully saturated rings. The SMILES string of the molecule is C=C(C)C(=O)NCCC.CCN(C)C.CCN(C)C.Cl. The van der Waals surface area contributed by atoms with Gasteiger partial charge in [-0.05, 0) is 54.6 Å². The average molecular weight is 310 g/mol. The van der Waals surface area contributed by atoms with Crippen molar-refractivity contribution in [3.63, 3.8) is 0 Å². The molecule has 0 radical (unpaired) electrons. The lowest BCUT2D eigenvalue weighted by atomic mass is 10.3. The Bertz CT molecular complexity index is 211. The van der Waals surface area contributed by atoms with Gasteiger partial charge in [-0.15, -0.1) is 12.4 Å². The number of hydrogen-bond acceptors (Lipinski definition) is 3. The van der Waals surface area contributed by atoms with Gasteiger partial charge in [0.2, 0.25) is 5.91 Å². The summed E-state index contributed by atoms with van der Waals surface area (Å²) < 4.78 is 0. The van der Waals surface area contributed by atoms with Gasteiger partial charge in [0.15, 0.2) is 0 Å². The fraction of sp³-hybridized carbons (Fsp3) is 0.800. The maximum atomic E-state index is 10.7. The molecular formula is C15H36ClN3O. The number of rotatable bonds is 5. The monoisotopic (exact) mass is 309 g/mol. The molecule has 1 amide bonds. The van der Waals surface area contributed by atoms with Crippen molar-refractivity contribution in [2.45, 2.75) is 34.1 Å². The first-order valence-electron chi connectivity index (χ1n) is 6.95. The zero-order valence-corrected chi connectivity index (χ0v) is 15.6. The van der Waals surface area contributed by atoms with Crippen LogP contribution in [0.4, 0.5) is 0 Å². The highest BCUT2D eigenvalue weighted by atomic mass is 35.5. The van der Waals surface area contributed by atoms with Gasteiger partial charge >= 0.3 is 0 Å². The minimum Gasteiger partial charge on any atom is -0.352 e. The second-order valence-electron chi connectivity index (χ2n) is 4.83. The zero-order chi connectivity index (χ0) is 15.8. The molecule has 0 aliphatic rings. The van der Waals surface area contributed by atoms with Crippen molar-refractivity contribution in [1.82, 2.24) is 15.1 Å². The van der Waals surface area contributed by atoms with E-state index in [-0.39, 0.29) is 18.3 Å². The van der Waals surface area contributed by atoms with Crippen molar-refractivity contribution in [2.75, 3.05) is 47.8 Å². The maximum absolute atomic E-state index is 10.7. The molecule has 0 rings (SSSR count). The number of nitrogens with one attached hydrogen (secondary N) is 1. The van der Waals surface area contributed by atoms with E-state index in [9.17, 15) is 4.79 Å². The van der Waals surface area contributed by atoms with Gasteiger partial charge in [0.1, 0.15) is 0 Å². The Morgan fingerprint density at radius 3 is 1.45 bits per heavy atom. The fourth-order valence-corrected chi connectivity index (χ4v) is 0.389. The normalized spacial score (nSPS) is 8.70. The largest absolute Gasteiger partial charge is 0.352 e. The van der Waals surface area contributed by atoms with E-state index in [0.29, 0.717) is 5.57 Å². The maximum Gasteiger partial charge on any atom is 0.246 e. The Kier molecular flexibility index (Phi) is 28.7. The number of carbonyl (C=O) groups excluding carboxylic acids is 1. The second-order valence-corrected chi connectivity index (χ2v) is 4.83. The standard InChI is InChI=1S/C7H13NO.2C4H11N.ClH/c1-4-5-8-7(9)6(2)3;2*1-4-5(2)3;/h2,4-5H2,1,3H3,(H,8,9);2*4H2,1-3H3;1H. The highest BCUT2D eigenvalue weighted by Crippen LogP contribution is 1.84. The predicted molar refractivity (Wildman–Crippen MR) is 93.8 cm³/mol. The smallest absolute Gasteiger partial charge is 0.246 e. The molecule has 20 heavy (non-hydrogen) atoms. The summed E-state index contributed by atoms with van der Waals surface area (Å²) in [5, 5.41) is 2.69. The summed E-state index contributed by atoms with van der Waals surface area (Å²) in [6.45, 7) is 14.5. The molecule has 0 saturated carbocycles. The van der Waals surface area contributed by atoms with E-state index in [1.165, 1.54) is 0 Å². The molecule has 0 bridgehead atoms. The van der Waals surface area contributed by atoms with E-state index in [0.717, 1.165) is 26.1 Å². The summed E-state index contributed by atoms with van der Waals surface area (Å²) in [4.78, 5) is 14.9. The van der Waals surface area contributed by atoms with Crippen LogP contribution in [0.1, 0.15) is 34.1 Å². The van der Waals surface area contributed by atoms with E-state index in [4.69, 9.17) is 0 Å². The molecule has 0 aromatic heterocycles. The van der Waals surface area contributed by atoms with Gasteiger partial charge in [0, 0.05) is 12.1 Å². The molecule has 124 valence electrons. The Balaban J connectivity index is -0.000000101. The van der Waals surface area contributed by atoms with E-state index in [1.54, 1.807) is 6.92 Å². The zero-order valence-electron chi connectivity index (χ0n) is 14.7. The molecule has 0 aromatic rings. The van der Waals surface area contributed by atoms with Crippen molar-refractivity contribution < 1.29 is 4.79 Å². The number of halogens is 1. The molecule has 0 unspecified atom stereocenters. The van der Waals surface area contributed by atoms with E-state index >= 15 is 0 Å². The summed E-state index contributed by atoms with van der Waals surface area (Å²) in [6.07, 6.45) is 0.971. The molecule has 0 aliphatic heterocycles. The summed E-state index contributed by atoms with van der Waals surface area (Å²) in [5.74, 6) is -0.0446. The Labute approximate surface area is 133 Å². The second kappa shape index (κ2) is 20.7. The first-order valence-corrected chi connectivity index (χ1v) is 6.95. The first-order chi connectivity index (χ1) is 8.72. The molecule has 1 N–H and O–H groups in total. The van der Waals surface area contributed by atoms with Crippen LogP contribution in [0.3, 0.4) is 0 Å². The number of nitrogens with zero attached hydrogens (tertiary/aromatic N) is 2. The summed E-state index contributed by atoms with van der Waals surface area (Å²) in [6, 6.07) is 0. The lowest BCUT2D eigenvalue weighted by Crippen LogP contribution is -2.24. The van der Waals surface area contributed by atoms with Gasteiger partial charge in [-0.1, -0.05) is 27.4 Å². The van der Waals surface area contributed by atoms with Crippen LogP contribution in [0.25, 0.3) is 0 Å². The Hall–Kier alpha value is -0.580. The fourth-order valence-electron chi connectivity index (χ4n) is 0.389. The third-order valence-electron chi connectivity index (χ3n) is 2.19. The number of carbonyl (C=O) groups is 1. The van der Waals surface area contributed by atoms with Gasteiger partial charge in [-0.2, -0.15) is 0 Å². The van der Waals surface area contributed by atoms with Crippen LogP contribution >= 0.6 is 12.4 Å². The van der Waals surface area contributed by atoms with E-state index in [2.05, 4.69) is 63.7 Å². The van der Waals surface area contributed by atoms with E-state index in [1.807, 2.05) is 6.92 Å². The number of amides is 1. The lowest BCUT2D eigenvalue weighted by molar-refractivity contribution is -0.117. The molecular weight excluding hydrogens is 274 g/mol. The molecule has 0 aliphatic carbocycles. The predicted octanol–water partition coefficient (Wildman–Crippen LogP) is 2.65. The van der Waals surface area contributed by atoms with Crippen molar-refractivity contribution in [2.24, 2.45) is 0 Å². The van der Waals surface area contributed by atoms with Crippen LogP contribution in [0.5, 0.6) is 0 Å². The Morgan fingerprint density at radius 2 is 1.30 bits per heavy atom. The van der Waals surface area contributed by atoms with Gasteiger partial charge in [-0.3, -0.25) is 4.79 Å². The van der Waals surface area contributed by atoms with Crippen molar-refractivity contribution >= 4 is 18.3 Å². The molecule has 0 heterocycles. The molecule has 4 nitrogen and oxygen atoms in total. The first kappa shape index (κ1) is 27.7. The Morgan fingerprint density at radius 1 is 1.00 bits per heavy atom. The summed E-state index contributed by atoms with van der Waals surface area (Å²) in [5.41, 5.74) is 0.573. The molecule has 0 spiro atoms. The lowest BCUT2D eigenvalue weighted by Gasteiger charge is -2.00. The molecule has 0 aromatic carbocycles. The van der Waals surface area contributed by atoms with Crippen LogP contribution in [-0.2, 0) is 4.79 Å². The molecule has 0 atom stereocenters. The van der Waals surface area contributed by atoms with Gasteiger partial charge in [0.25, 0.3) is 0 Å². The third-order valence-corrected chi connectivity index (χ3v) is 2.19. The van der Waals surface area contributed by atoms with Crippen LogP contribution < -0.4 is 5.32 Å². The van der Waals surface area contributed by atoms with Crippen LogP contribution in [-0.4, -0.2) is 63.5 Å². The van der Waals surface area contributed by atoms with Gasteiger partial charge < -0.3 is 15.1 Å². The van der Waals surface area contributed by atoms with Gasteiger partial charge in [-0.25, -0.2) is 0 Å². The third kappa shape index (κ3) is 36.0. The minimum atomic E-state index is -0.0446.